The largest absolute Gasteiger partial charge is 0.481 e. The van der Waals surface area contributed by atoms with Gasteiger partial charge in [0.25, 0.3) is 0 Å². The molecule has 0 aliphatic rings. The van der Waals surface area contributed by atoms with Crippen molar-refractivity contribution >= 4 is 11.9 Å². The van der Waals surface area contributed by atoms with E-state index in [2.05, 4.69) is 5.92 Å². The van der Waals surface area contributed by atoms with Gasteiger partial charge >= 0.3 is 11.9 Å². The van der Waals surface area contributed by atoms with Gasteiger partial charge in [-0.25, -0.2) is 0 Å². The lowest BCUT2D eigenvalue weighted by Crippen LogP contribution is -2.13. The fourth-order valence-corrected chi connectivity index (χ4v) is 0.847. The number of carbonyl (C=O) groups is 2. The molecule has 0 amide bonds. The second-order valence-electron chi connectivity index (χ2n) is 2.98. The van der Waals surface area contributed by atoms with Crippen LogP contribution in [0, 0.1) is 12.3 Å². The topological polar surface area (TPSA) is 82.1 Å². The van der Waals surface area contributed by atoms with Gasteiger partial charge in [-0.2, -0.15) is 0 Å². The zero-order chi connectivity index (χ0) is 12.9. The van der Waals surface area contributed by atoms with Crippen LogP contribution < -0.4 is 0 Å². The number of hydrogen-bond acceptors (Lipinski definition) is 5. The van der Waals surface area contributed by atoms with E-state index < -0.39 is 11.9 Å². The van der Waals surface area contributed by atoms with Gasteiger partial charge in [-0.15, -0.1) is 6.42 Å². The van der Waals surface area contributed by atoms with Gasteiger partial charge in [0.05, 0.1) is 32.7 Å². The minimum atomic E-state index is -1.02. The molecular weight excluding hydrogens is 228 g/mol. The van der Waals surface area contributed by atoms with Crippen LogP contribution in [0.5, 0.6) is 0 Å². The van der Waals surface area contributed by atoms with Crippen molar-refractivity contribution in [3.8, 4) is 12.3 Å². The normalized spacial score (nSPS) is 9.59. The number of carbonyl (C=O) groups excluding carboxylic acids is 1. The summed E-state index contributed by atoms with van der Waals surface area (Å²) >= 11 is 0. The zero-order valence-corrected chi connectivity index (χ0v) is 9.52. The van der Waals surface area contributed by atoms with E-state index in [4.69, 9.17) is 25.7 Å². The highest BCUT2D eigenvalue weighted by Crippen LogP contribution is 1.92. The van der Waals surface area contributed by atoms with Crippen LogP contribution >= 0.6 is 0 Å². The summed E-state index contributed by atoms with van der Waals surface area (Å²) < 4.78 is 14.7. The molecule has 0 aromatic rings. The van der Waals surface area contributed by atoms with Crippen LogP contribution in [0.2, 0.25) is 0 Å². The summed E-state index contributed by atoms with van der Waals surface area (Å²) in [7, 11) is 0. The van der Waals surface area contributed by atoms with E-state index in [0.717, 1.165) is 0 Å². The van der Waals surface area contributed by atoms with Gasteiger partial charge in [0.1, 0.15) is 13.2 Å². The van der Waals surface area contributed by atoms with Crippen molar-refractivity contribution in [2.45, 2.75) is 12.8 Å². The molecule has 17 heavy (non-hydrogen) atoms. The fraction of sp³-hybridized carbons (Fsp3) is 0.636. The number of hydrogen-bond donors (Lipinski definition) is 1. The molecule has 1 N–H and O–H groups in total. The van der Waals surface area contributed by atoms with E-state index in [9.17, 15) is 9.59 Å². The Morgan fingerprint density at radius 2 is 1.71 bits per heavy atom. The van der Waals surface area contributed by atoms with Crippen LogP contribution in [0.3, 0.4) is 0 Å². The monoisotopic (exact) mass is 244 g/mol. The summed E-state index contributed by atoms with van der Waals surface area (Å²) in [5.41, 5.74) is 0. The summed E-state index contributed by atoms with van der Waals surface area (Å²) in [6, 6.07) is 0. The maximum atomic E-state index is 10.9. The van der Waals surface area contributed by atoms with Gasteiger partial charge in [0, 0.05) is 0 Å². The lowest BCUT2D eigenvalue weighted by Gasteiger charge is -2.05. The molecule has 6 heteroatoms. The van der Waals surface area contributed by atoms with Crippen molar-refractivity contribution in [1.82, 2.24) is 0 Å². The maximum Gasteiger partial charge on any atom is 0.306 e. The highest BCUT2D eigenvalue weighted by Gasteiger charge is 2.05. The van der Waals surface area contributed by atoms with Crippen LogP contribution in [0.1, 0.15) is 12.8 Å². The molecule has 0 atom stereocenters. The number of carboxylic acids is 1. The molecule has 0 spiro atoms. The predicted molar refractivity (Wildman–Crippen MR) is 58.3 cm³/mol. The van der Waals surface area contributed by atoms with Gasteiger partial charge in [0.15, 0.2) is 0 Å². The Balaban J connectivity index is 3.20. The van der Waals surface area contributed by atoms with Crippen molar-refractivity contribution in [3.63, 3.8) is 0 Å². The molecule has 6 nitrogen and oxygen atoms in total. The van der Waals surface area contributed by atoms with Crippen LogP contribution in [-0.4, -0.2) is 50.1 Å². The average Bonchev–Trinajstić information content (AvgIpc) is 2.30. The molecule has 0 unspecified atom stereocenters. The number of ether oxygens (including phenoxy) is 3. The van der Waals surface area contributed by atoms with Crippen molar-refractivity contribution < 1.29 is 28.9 Å². The SMILES string of the molecule is C#CCOCCOCCOC(=O)CCC(=O)O. The molecule has 0 aliphatic heterocycles. The smallest absolute Gasteiger partial charge is 0.306 e. The standard InChI is InChI=1S/C11H16O6/c1-2-5-15-6-7-16-8-9-17-11(14)4-3-10(12)13/h1H,3-9H2,(H,12,13). The predicted octanol–water partition coefficient (Wildman–Crippen LogP) is 0.0608. The lowest BCUT2D eigenvalue weighted by molar-refractivity contribution is -0.148. The lowest BCUT2D eigenvalue weighted by atomic mass is 10.3. The van der Waals surface area contributed by atoms with E-state index in [0.29, 0.717) is 13.2 Å². The van der Waals surface area contributed by atoms with Crippen LogP contribution in [0.25, 0.3) is 0 Å². The minimum Gasteiger partial charge on any atom is -0.481 e. The first-order valence-electron chi connectivity index (χ1n) is 5.13. The van der Waals surface area contributed by atoms with E-state index in [-0.39, 0.29) is 32.7 Å². The van der Waals surface area contributed by atoms with Gasteiger partial charge in [-0.05, 0) is 0 Å². The molecule has 0 aromatic carbocycles. The average molecular weight is 244 g/mol. The quantitative estimate of drug-likeness (QED) is 0.332. The summed E-state index contributed by atoms with van der Waals surface area (Å²) in [6.45, 7) is 1.35. The van der Waals surface area contributed by atoms with Crippen molar-refractivity contribution in [1.29, 1.82) is 0 Å². The third-order valence-corrected chi connectivity index (χ3v) is 1.59. The number of carboxylic acid groups (broad SMARTS) is 1. The first-order chi connectivity index (χ1) is 8.16. The van der Waals surface area contributed by atoms with Gasteiger partial charge in [-0.1, -0.05) is 5.92 Å². The number of rotatable bonds is 10. The highest BCUT2D eigenvalue weighted by molar-refractivity contribution is 5.76. The number of esters is 1. The van der Waals surface area contributed by atoms with Crippen molar-refractivity contribution in [2.24, 2.45) is 0 Å². The second kappa shape index (κ2) is 10.9. The maximum absolute atomic E-state index is 10.9. The Kier molecular flexibility index (Phi) is 9.91. The van der Waals surface area contributed by atoms with Crippen molar-refractivity contribution in [3.05, 3.63) is 0 Å². The minimum absolute atomic E-state index is 0.105. The third kappa shape index (κ3) is 12.4. The van der Waals surface area contributed by atoms with E-state index in [1.807, 2.05) is 0 Å². The molecule has 0 radical (unpaired) electrons. The van der Waals surface area contributed by atoms with Gasteiger partial charge < -0.3 is 19.3 Å². The Labute approximate surface area is 99.8 Å². The number of terminal acetylenes is 1. The molecule has 0 aromatic heterocycles. The highest BCUT2D eigenvalue weighted by atomic mass is 16.6. The van der Waals surface area contributed by atoms with E-state index >= 15 is 0 Å². The molecule has 0 rings (SSSR count). The van der Waals surface area contributed by atoms with E-state index in [1.165, 1.54) is 0 Å². The molecular formula is C11H16O6. The van der Waals surface area contributed by atoms with Crippen molar-refractivity contribution in [2.75, 3.05) is 33.0 Å². The van der Waals surface area contributed by atoms with E-state index in [1.54, 1.807) is 0 Å². The van der Waals surface area contributed by atoms with Gasteiger partial charge in [-0.3, -0.25) is 9.59 Å². The Hall–Kier alpha value is -1.58. The second-order valence-corrected chi connectivity index (χ2v) is 2.98. The first kappa shape index (κ1) is 15.4. The molecule has 0 saturated heterocycles. The summed E-state index contributed by atoms with van der Waals surface area (Å²) in [4.78, 5) is 21.1. The van der Waals surface area contributed by atoms with Gasteiger partial charge in [0.2, 0.25) is 0 Å². The zero-order valence-electron chi connectivity index (χ0n) is 9.52. The Bertz CT molecular complexity index is 268. The molecule has 0 bridgehead atoms. The molecule has 0 fully saturated rings. The Morgan fingerprint density at radius 1 is 1.06 bits per heavy atom. The number of aliphatic carboxylic acids is 1. The third-order valence-electron chi connectivity index (χ3n) is 1.59. The molecule has 0 aliphatic carbocycles. The molecule has 96 valence electrons. The van der Waals surface area contributed by atoms with Crippen LogP contribution in [0.15, 0.2) is 0 Å². The fourth-order valence-electron chi connectivity index (χ4n) is 0.847. The summed E-state index contributed by atoms with van der Waals surface area (Å²) in [5.74, 6) is 0.747. The van der Waals surface area contributed by atoms with Crippen LogP contribution in [0.4, 0.5) is 0 Å². The Morgan fingerprint density at radius 3 is 2.35 bits per heavy atom. The summed E-state index contributed by atoms with van der Waals surface area (Å²) in [6.07, 6.45) is 4.61. The van der Waals surface area contributed by atoms with Crippen LogP contribution in [-0.2, 0) is 23.8 Å². The molecule has 0 heterocycles. The molecule has 0 saturated carbocycles. The summed E-state index contributed by atoms with van der Waals surface area (Å²) in [5, 5.41) is 8.31. The first-order valence-corrected chi connectivity index (χ1v) is 5.13.